The topological polar surface area (TPSA) is 51.2 Å². The highest BCUT2D eigenvalue weighted by atomic mass is 32.1. The van der Waals surface area contributed by atoms with Crippen LogP contribution in [0.2, 0.25) is 0 Å². The van der Waals surface area contributed by atoms with Crippen LogP contribution in [0.1, 0.15) is 63.0 Å². The van der Waals surface area contributed by atoms with Crippen molar-refractivity contribution in [2.24, 2.45) is 11.3 Å². The van der Waals surface area contributed by atoms with Gasteiger partial charge in [-0.15, -0.1) is 11.3 Å². The Morgan fingerprint density at radius 1 is 1.38 bits per heavy atom. The highest BCUT2D eigenvalue weighted by Gasteiger charge is 2.27. The molecule has 4 nitrogen and oxygen atoms in total. The van der Waals surface area contributed by atoms with Crippen molar-refractivity contribution in [3.05, 3.63) is 16.1 Å². The fourth-order valence-electron chi connectivity index (χ4n) is 2.06. The third-order valence-electron chi connectivity index (χ3n) is 3.44. The monoisotopic (exact) mass is 312 g/mol. The number of rotatable bonds is 7. The molecule has 1 aromatic heterocycles. The molecular weight excluding hydrogens is 284 g/mol. The number of carbonyl (C=O) groups excluding carboxylic acids is 1. The first-order valence-corrected chi connectivity index (χ1v) is 8.36. The van der Waals surface area contributed by atoms with Gasteiger partial charge in [0.2, 0.25) is 0 Å². The van der Waals surface area contributed by atoms with E-state index in [2.05, 4.69) is 44.9 Å². The Morgan fingerprint density at radius 3 is 2.57 bits per heavy atom. The number of aromatic nitrogens is 1. The summed E-state index contributed by atoms with van der Waals surface area (Å²) >= 11 is 1.46. The number of hydrogen-bond acceptors (Lipinski definition) is 4. The zero-order chi connectivity index (χ0) is 16.0. The van der Waals surface area contributed by atoms with Crippen molar-refractivity contribution in [2.75, 3.05) is 7.11 Å². The maximum Gasteiger partial charge on any atom is 0.270 e. The second kappa shape index (κ2) is 7.90. The van der Waals surface area contributed by atoms with Crippen molar-refractivity contribution < 1.29 is 9.53 Å². The number of hydrogen-bond donors (Lipinski definition) is 1. The number of nitrogens with one attached hydrogen (secondary N) is 1. The molecular formula is C16H28N2O2S. The van der Waals surface area contributed by atoms with E-state index in [0.29, 0.717) is 18.2 Å². The summed E-state index contributed by atoms with van der Waals surface area (Å²) < 4.78 is 5.04. The summed E-state index contributed by atoms with van der Waals surface area (Å²) in [4.78, 5) is 16.7. The lowest BCUT2D eigenvalue weighted by molar-refractivity contribution is 0.0889. The Labute approximate surface area is 132 Å². The van der Waals surface area contributed by atoms with E-state index in [1.54, 1.807) is 12.5 Å². The van der Waals surface area contributed by atoms with Crippen LogP contribution in [0.4, 0.5) is 0 Å². The van der Waals surface area contributed by atoms with Crippen molar-refractivity contribution in [3.8, 4) is 0 Å². The zero-order valence-electron chi connectivity index (χ0n) is 14.0. The van der Waals surface area contributed by atoms with Gasteiger partial charge in [0.15, 0.2) is 0 Å². The minimum Gasteiger partial charge on any atom is -0.378 e. The van der Waals surface area contributed by atoms with Crippen molar-refractivity contribution in [3.63, 3.8) is 0 Å². The van der Waals surface area contributed by atoms with Crippen LogP contribution < -0.4 is 5.32 Å². The largest absolute Gasteiger partial charge is 0.378 e. The molecule has 1 aromatic rings. The average molecular weight is 312 g/mol. The lowest BCUT2D eigenvalue weighted by atomic mass is 9.83. The van der Waals surface area contributed by atoms with E-state index in [1.165, 1.54) is 11.3 Å². The van der Waals surface area contributed by atoms with Crippen LogP contribution in [0.5, 0.6) is 0 Å². The van der Waals surface area contributed by atoms with E-state index in [9.17, 15) is 4.79 Å². The van der Waals surface area contributed by atoms with E-state index < -0.39 is 0 Å². The van der Waals surface area contributed by atoms with Gasteiger partial charge in [0, 0.05) is 18.5 Å². The minimum absolute atomic E-state index is 0.0376. The van der Waals surface area contributed by atoms with Gasteiger partial charge in [-0.1, -0.05) is 34.6 Å². The fourth-order valence-corrected chi connectivity index (χ4v) is 2.80. The van der Waals surface area contributed by atoms with Gasteiger partial charge in [-0.25, -0.2) is 4.98 Å². The van der Waals surface area contributed by atoms with Gasteiger partial charge in [-0.05, 0) is 24.2 Å². The summed E-state index contributed by atoms with van der Waals surface area (Å²) in [5.41, 5.74) is 0.529. The first-order valence-electron chi connectivity index (χ1n) is 7.48. The Kier molecular flexibility index (Phi) is 6.81. The van der Waals surface area contributed by atoms with E-state index in [-0.39, 0.29) is 17.4 Å². The number of carbonyl (C=O) groups is 1. The first kappa shape index (κ1) is 18.1. The van der Waals surface area contributed by atoms with Crippen LogP contribution >= 0.6 is 11.3 Å². The highest BCUT2D eigenvalue weighted by molar-refractivity contribution is 7.09. The second-order valence-electron chi connectivity index (χ2n) is 6.92. The molecule has 5 heteroatoms. The predicted molar refractivity (Wildman–Crippen MR) is 87.6 cm³/mol. The molecule has 0 aromatic carbocycles. The van der Waals surface area contributed by atoms with Gasteiger partial charge in [-0.2, -0.15) is 0 Å². The maximum absolute atomic E-state index is 12.4. The quantitative estimate of drug-likeness (QED) is 0.831. The first-order chi connectivity index (χ1) is 9.74. The maximum atomic E-state index is 12.4. The van der Waals surface area contributed by atoms with Gasteiger partial charge in [0.05, 0.1) is 6.61 Å². The summed E-state index contributed by atoms with van der Waals surface area (Å²) in [6, 6.07) is 0.153. The van der Waals surface area contributed by atoms with Crippen molar-refractivity contribution >= 4 is 17.2 Å². The smallest absolute Gasteiger partial charge is 0.270 e. The minimum atomic E-state index is -0.0858. The number of ether oxygens (including phenoxy) is 1. The Bertz CT molecular complexity index is 449. The van der Waals surface area contributed by atoms with Crippen LogP contribution in [0.3, 0.4) is 0 Å². The summed E-state index contributed by atoms with van der Waals surface area (Å²) in [6.07, 6.45) is 2.09. The zero-order valence-corrected chi connectivity index (χ0v) is 14.8. The Balaban J connectivity index is 2.70. The molecule has 1 amide bonds. The van der Waals surface area contributed by atoms with Crippen LogP contribution in [0, 0.1) is 11.3 Å². The van der Waals surface area contributed by atoms with E-state index in [1.807, 2.05) is 0 Å². The molecule has 0 spiro atoms. The molecule has 0 fully saturated rings. The van der Waals surface area contributed by atoms with Crippen LogP contribution in [-0.2, 0) is 11.3 Å². The van der Waals surface area contributed by atoms with Crippen LogP contribution in [0.25, 0.3) is 0 Å². The highest BCUT2D eigenvalue weighted by Crippen LogP contribution is 2.25. The average Bonchev–Trinajstić information content (AvgIpc) is 2.81. The summed E-state index contributed by atoms with van der Waals surface area (Å²) in [6.45, 7) is 11.4. The van der Waals surface area contributed by atoms with Crippen LogP contribution in [0.15, 0.2) is 5.38 Å². The van der Waals surface area contributed by atoms with Crippen molar-refractivity contribution in [1.82, 2.24) is 10.3 Å². The molecule has 0 aliphatic rings. The van der Waals surface area contributed by atoms with Gasteiger partial charge in [-0.3, -0.25) is 4.79 Å². The number of methoxy groups -OCH3 is 1. The molecule has 1 heterocycles. The second-order valence-corrected chi connectivity index (χ2v) is 7.87. The van der Waals surface area contributed by atoms with Crippen molar-refractivity contribution in [2.45, 2.75) is 60.1 Å². The standard InChI is InChI=1S/C16H28N2O2S/c1-11(2)7-8-13(16(3,4)5)18-15(19)12-10-21-14(17-12)9-20-6/h10-11,13H,7-9H2,1-6H3,(H,18,19). The van der Waals surface area contributed by atoms with Gasteiger partial charge in [0.25, 0.3) is 5.91 Å². The summed E-state index contributed by atoms with van der Waals surface area (Å²) in [5, 5.41) is 5.78. The number of thiazole rings is 1. The molecule has 0 aliphatic heterocycles. The van der Waals surface area contributed by atoms with E-state index in [4.69, 9.17) is 4.74 Å². The summed E-state index contributed by atoms with van der Waals surface area (Å²) in [7, 11) is 1.63. The molecule has 0 aliphatic carbocycles. The summed E-state index contributed by atoms with van der Waals surface area (Å²) in [5.74, 6) is 0.552. The van der Waals surface area contributed by atoms with Crippen LogP contribution in [-0.4, -0.2) is 24.0 Å². The molecule has 1 N–H and O–H groups in total. The molecule has 0 saturated carbocycles. The third kappa shape index (κ3) is 6.14. The molecule has 0 bridgehead atoms. The van der Waals surface area contributed by atoms with Crippen molar-refractivity contribution in [1.29, 1.82) is 0 Å². The lowest BCUT2D eigenvalue weighted by Gasteiger charge is -2.32. The predicted octanol–water partition coefficient (Wildman–Crippen LogP) is 3.87. The third-order valence-corrected chi connectivity index (χ3v) is 4.26. The Hall–Kier alpha value is -0.940. The van der Waals surface area contributed by atoms with Gasteiger partial charge in [0.1, 0.15) is 10.7 Å². The molecule has 0 saturated heterocycles. The van der Waals surface area contributed by atoms with Gasteiger partial charge < -0.3 is 10.1 Å². The lowest BCUT2D eigenvalue weighted by Crippen LogP contribution is -2.44. The molecule has 21 heavy (non-hydrogen) atoms. The number of nitrogens with zero attached hydrogens (tertiary/aromatic N) is 1. The molecule has 120 valence electrons. The fraction of sp³-hybridized carbons (Fsp3) is 0.750. The molecule has 1 atom stereocenters. The number of amides is 1. The normalized spacial score (nSPS) is 13.5. The van der Waals surface area contributed by atoms with Gasteiger partial charge >= 0.3 is 0 Å². The molecule has 0 radical (unpaired) electrons. The van der Waals surface area contributed by atoms with E-state index in [0.717, 1.165) is 17.8 Å². The van der Waals surface area contributed by atoms with E-state index >= 15 is 0 Å². The molecule has 1 rings (SSSR count). The SMILES string of the molecule is COCc1nc(C(=O)NC(CCC(C)C)C(C)(C)C)cs1. The Morgan fingerprint density at radius 2 is 2.05 bits per heavy atom. The molecule has 1 unspecified atom stereocenters.